The van der Waals surface area contributed by atoms with Gasteiger partial charge >= 0.3 is 5.97 Å². The molecule has 0 bridgehead atoms. The van der Waals surface area contributed by atoms with E-state index in [0.717, 1.165) is 33.7 Å². The average molecular weight is 439 g/mol. The number of thiocarbonyl (C=S) groups is 1. The van der Waals surface area contributed by atoms with Crippen LogP contribution in [0.2, 0.25) is 0 Å². The number of rotatable bonds is 6. The molecule has 1 aromatic heterocycles. The van der Waals surface area contributed by atoms with Gasteiger partial charge < -0.3 is 15.4 Å². The summed E-state index contributed by atoms with van der Waals surface area (Å²) in [5.41, 5.74) is 5.71. The SMILES string of the molecule is CCOC(=O)c1c(NC(=S)Nc2c(C)cccc2CC)sc(C)c1-c1ccccc1. The van der Waals surface area contributed by atoms with Crippen LogP contribution in [-0.4, -0.2) is 17.7 Å². The molecule has 0 aliphatic heterocycles. The van der Waals surface area contributed by atoms with Gasteiger partial charge in [0, 0.05) is 16.1 Å². The zero-order chi connectivity index (χ0) is 21.7. The minimum Gasteiger partial charge on any atom is -0.462 e. The number of carbonyl (C=O) groups excluding carboxylic acids is 1. The van der Waals surface area contributed by atoms with E-state index in [0.29, 0.717) is 22.3 Å². The number of nitrogens with one attached hydrogen (secondary N) is 2. The number of hydrogen-bond donors (Lipinski definition) is 2. The number of aryl methyl sites for hydroxylation is 3. The monoisotopic (exact) mass is 438 g/mol. The van der Waals surface area contributed by atoms with Gasteiger partial charge in [-0.2, -0.15) is 0 Å². The maximum Gasteiger partial charge on any atom is 0.341 e. The Balaban J connectivity index is 1.96. The molecular formula is C24H26N2O2S2. The van der Waals surface area contributed by atoms with E-state index in [4.69, 9.17) is 17.0 Å². The lowest BCUT2D eigenvalue weighted by Gasteiger charge is -2.16. The fraction of sp³-hybridized carbons (Fsp3) is 0.250. The molecule has 0 fully saturated rings. The van der Waals surface area contributed by atoms with Crippen molar-refractivity contribution in [3.8, 4) is 11.1 Å². The quantitative estimate of drug-likeness (QED) is 0.336. The summed E-state index contributed by atoms with van der Waals surface area (Å²) in [5.74, 6) is -0.351. The van der Waals surface area contributed by atoms with Gasteiger partial charge in [0.15, 0.2) is 5.11 Å². The number of thiophene rings is 1. The van der Waals surface area contributed by atoms with Crippen molar-refractivity contribution in [1.29, 1.82) is 0 Å². The van der Waals surface area contributed by atoms with Crippen molar-refractivity contribution in [1.82, 2.24) is 0 Å². The number of ether oxygens (including phenoxy) is 1. The summed E-state index contributed by atoms with van der Waals surface area (Å²) in [6, 6.07) is 16.1. The van der Waals surface area contributed by atoms with Gasteiger partial charge in [0.25, 0.3) is 0 Å². The van der Waals surface area contributed by atoms with Crippen LogP contribution in [0.25, 0.3) is 11.1 Å². The van der Waals surface area contributed by atoms with E-state index in [1.807, 2.05) is 50.2 Å². The van der Waals surface area contributed by atoms with E-state index in [1.165, 1.54) is 16.9 Å². The normalized spacial score (nSPS) is 10.5. The zero-order valence-electron chi connectivity index (χ0n) is 17.7. The Hall–Kier alpha value is -2.70. The first-order valence-corrected chi connectivity index (χ1v) is 11.2. The van der Waals surface area contributed by atoms with Gasteiger partial charge in [-0.15, -0.1) is 11.3 Å². The number of benzene rings is 2. The van der Waals surface area contributed by atoms with E-state index < -0.39 is 0 Å². The Bertz CT molecular complexity index is 1060. The van der Waals surface area contributed by atoms with Gasteiger partial charge in [0.05, 0.1) is 6.61 Å². The highest BCUT2D eigenvalue weighted by atomic mass is 32.1. The van der Waals surface area contributed by atoms with Crippen molar-refractivity contribution < 1.29 is 9.53 Å². The van der Waals surface area contributed by atoms with Crippen LogP contribution in [0.4, 0.5) is 10.7 Å². The summed E-state index contributed by atoms with van der Waals surface area (Å²) >= 11 is 7.10. The first-order chi connectivity index (χ1) is 14.5. The molecular weight excluding hydrogens is 412 g/mol. The molecule has 2 N–H and O–H groups in total. The topological polar surface area (TPSA) is 50.4 Å². The summed E-state index contributed by atoms with van der Waals surface area (Å²) in [6.45, 7) is 8.30. The highest BCUT2D eigenvalue weighted by molar-refractivity contribution is 7.80. The fourth-order valence-electron chi connectivity index (χ4n) is 3.43. The molecule has 0 saturated heterocycles. The second kappa shape index (κ2) is 9.87. The van der Waals surface area contributed by atoms with E-state index >= 15 is 0 Å². The van der Waals surface area contributed by atoms with E-state index in [2.05, 4.69) is 36.6 Å². The predicted octanol–water partition coefficient (Wildman–Crippen LogP) is 6.58. The van der Waals surface area contributed by atoms with Crippen LogP contribution in [0, 0.1) is 13.8 Å². The standard InChI is InChI=1S/C24H26N2O2S2/c1-5-17-14-10-11-15(3)21(17)25-24(29)26-22-20(23(27)28-6-2)19(16(4)30-22)18-12-8-7-9-13-18/h7-14H,5-6H2,1-4H3,(H2,25,26,29). The van der Waals surface area contributed by atoms with E-state index in [-0.39, 0.29) is 5.97 Å². The third-order valence-corrected chi connectivity index (χ3v) is 6.06. The third kappa shape index (κ3) is 4.71. The second-order valence-corrected chi connectivity index (χ2v) is 8.50. The van der Waals surface area contributed by atoms with Crippen LogP contribution in [0.1, 0.15) is 40.2 Å². The molecule has 0 atom stereocenters. The van der Waals surface area contributed by atoms with E-state index in [1.54, 1.807) is 0 Å². The highest BCUT2D eigenvalue weighted by Crippen LogP contribution is 2.40. The predicted molar refractivity (Wildman–Crippen MR) is 131 cm³/mol. The second-order valence-electron chi connectivity index (χ2n) is 6.87. The first kappa shape index (κ1) is 22.0. The van der Waals surface area contributed by atoms with Crippen molar-refractivity contribution in [2.75, 3.05) is 17.2 Å². The summed E-state index contributed by atoms with van der Waals surface area (Å²) in [6.07, 6.45) is 0.900. The maximum atomic E-state index is 12.8. The summed E-state index contributed by atoms with van der Waals surface area (Å²) < 4.78 is 5.36. The highest BCUT2D eigenvalue weighted by Gasteiger charge is 2.25. The molecule has 3 aromatic rings. The molecule has 2 aromatic carbocycles. The molecule has 0 spiro atoms. The zero-order valence-corrected chi connectivity index (χ0v) is 19.3. The van der Waals surface area contributed by atoms with Crippen molar-refractivity contribution in [3.05, 3.63) is 70.1 Å². The molecule has 0 amide bonds. The summed E-state index contributed by atoms with van der Waals surface area (Å²) in [7, 11) is 0. The van der Waals surface area contributed by atoms with Crippen LogP contribution < -0.4 is 10.6 Å². The van der Waals surface area contributed by atoms with Gasteiger partial charge in [-0.3, -0.25) is 0 Å². The first-order valence-electron chi connectivity index (χ1n) is 9.98. The molecule has 0 aliphatic rings. The molecule has 3 rings (SSSR count). The van der Waals surface area contributed by atoms with Crippen molar-refractivity contribution in [3.63, 3.8) is 0 Å². The number of hydrogen-bond acceptors (Lipinski definition) is 4. The van der Waals surface area contributed by atoms with Gasteiger partial charge in [0.2, 0.25) is 0 Å². The average Bonchev–Trinajstić information content (AvgIpc) is 3.05. The van der Waals surface area contributed by atoms with Gasteiger partial charge in [0.1, 0.15) is 10.6 Å². The van der Waals surface area contributed by atoms with Crippen LogP contribution in [0.5, 0.6) is 0 Å². The minimum atomic E-state index is -0.351. The molecule has 0 radical (unpaired) electrons. The van der Waals surface area contributed by atoms with Crippen LogP contribution in [0.15, 0.2) is 48.5 Å². The Kier molecular flexibility index (Phi) is 7.24. The lowest BCUT2D eigenvalue weighted by Crippen LogP contribution is -2.21. The van der Waals surface area contributed by atoms with Crippen LogP contribution in [-0.2, 0) is 11.2 Å². The van der Waals surface area contributed by atoms with Gasteiger partial charge in [-0.1, -0.05) is 55.5 Å². The van der Waals surface area contributed by atoms with Crippen molar-refractivity contribution >= 4 is 45.3 Å². The van der Waals surface area contributed by atoms with E-state index in [9.17, 15) is 4.79 Å². The molecule has 0 aliphatic carbocycles. The Labute approximate surface area is 187 Å². The smallest absolute Gasteiger partial charge is 0.341 e. The van der Waals surface area contributed by atoms with Crippen LogP contribution in [0.3, 0.4) is 0 Å². The molecule has 0 saturated carbocycles. The Morgan fingerprint density at radius 3 is 2.43 bits per heavy atom. The Morgan fingerprint density at radius 2 is 1.77 bits per heavy atom. The maximum absolute atomic E-state index is 12.8. The molecule has 156 valence electrons. The third-order valence-electron chi connectivity index (χ3n) is 4.83. The van der Waals surface area contributed by atoms with Gasteiger partial charge in [-0.05, 0) is 56.1 Å². The summed E-state index contributed by atoms with van der Waals surface area (Å²) in [4.78, 5) is 13.9. The summed E-state index contributed by atoms with van der Waals surface area (Å²) in [5, 5.41) is 7.70. The van der Waals surface area contributed by atoms with Crippen LogP contribution >= 0.6 is 23.6 Å². The molecule has 4 nitrogen and oxygen atoms in total. The fourth-order valence-corrected chi connectivity index (χ4v) is 4.77. The molecule has 1 heterocycles. The largest absolute Gasteiger partial charge is 0.462 e. The number of para-hydroxylation sites is 1. The lowest BCUT2D eigenvalue weighted by atomic mass is 10.0. The number of carbonyl (C=O) groups is 1. The molecule has 30 heavy (non-hydrogen) atoms. The lowest BCUT2D eigenvalue weighted by molar-refractivity contribution is 0.0529. The molecule has 0 unspecified atom stereocenters. The molecule has 6 heteroatoms. The number of anilines is 2. The number of esters is 1. The van der Waals surface area contributed by atoms with Crippen molar-refractivity contribution in [2.45, 2.75) is 34.1 Å². The minimum absolute atomic E-state index is 0.313. The van der Waals surface area contributed by atoms with Gasteiger partial charge in [-0.25, -0.2) is 4.79 Å². The Morgan fingerprint density at radius 1 is 1.03 bits per heavy atom. The van der Waals surface area contributed by atoms with Crippen molar-refractivity contribution in [2.24, 2.45) is 0 Å².